The molecule has 1 aromatic heterocycles. The zero-order chi connectivity index (χ0) is 40.0. The average molecular weight is 786 g/mol. The van der Waals surface area contributed by atoms with Gasteiger partial charge in [-0.3, -0.25) is 15.6 Å². The molecular weight excluding hydrogens is 735 g/mol. The number of fused-ring (bicyclic) bond motifs is 4. The number of carbonyl (C=O) groups is 4. The van der Waals surface area contributed by atoms with E-state index in [1.807, 2.05) is 30.3 Å². The maximum atomic E-state index is 13.6. The van der Waals surface area contributed by atoms with Crippen LogP contribution in [0.15, 0.2) is 60.8 Å². The van der Waals surface area contributed by atoms with Gasteiger partial charge in [0.15, 0.2) is 0 Å². The van der Waals surface area contributed by atoms with Gasteiger partial charge in [0, 0.05) is 31.2 Å². The van der Waals surface area contributed by atoms with E-state index in [1.165, 1.54) is 44.5 Å². The number of hydrogen-bond donors (Lipinski definition) is 2. The number of pyridine rings is 1. The molecule has 1 heterocycles. The van der Waals surface area contributed by atoms with Gasteiger partial charge in [-0.05, 0) is 152 Å². The number of nitrogens with zero attached hydrogens (tertiary/aromatic N) is 1. The Labute approximate surface area is 339 Å². The fourth-order valence-electron chi connectivity index (χ4n) is 9.21. The summed E-state index contributed by atoms with van der Waals surface area (Å²) in [5.74, 6) is -1.30. The number of ether oxygens (including phenoxy) is 4. The van der Waals surface area contributed by atoms with Crippen molar-refractivity contribution in [2.24, 2.45) is 0 Å². The topological polar surface area (TPSA) is 142 Å². The summed E-state index contributed by atoms with van der Waals surface area (Å²) in [4.78, 5) is 57.9. The Bertz CT molecular complexity index is 2140. The van der Waals surface area contributed by atoms with Gasteiger partial charge in [0.2, 0.25) is 12.2 Å². The largest absolute Gasteiger partial charge is 0.463 e. The number of carbonyl (C=O) groups excluding carboxylic acids is 4. The van der Waals surface area contributed by atoms with E-state index >= 15 is 0 Å². The molecule has 4 aliphatic carbocycles. The number of aromatic nitrogens is 1. The Morgan fingerprint density at radius 1 is 0.603 bits per heavy atom. The van der Waals surface area contributed by atoms with E-state index < -0.39 is 36.3 Å². The molecule has 0 bridgehead atoms. The Morgan fingerprint density at radius 2 is 1.10 bits per heavy atom. The van der Waals surface area contributed by atoms with Gasteiger partial charge in [-0.2, -0.15) is 0 Å². The first-order valence-corrected chi connectivity index (χ1v) is 20.9. The minimum atomic E-state index is -1.22. The predicted molar refractivity (Wildman–Crippen MR) is 218 cm³/mol. The lowest BCUT2D eigenvalue weighted by Gasteiger charge is -2.20. The molecule has 302 valence electrons. The van der Waals surface area contributed by atoms with Crippen LogP contribution in [0.3, 0.4) is 0 Å². The van der Waals surface area contributed by atoms with Crippen LogP contribution in [0.4, 0.5) is 21.0 Å². The van der Waals surface area contributed by atoms with Crippen molar-refractivity contribution in [2.75, 3.05) is 23.8 Å². The van der Waals surface area contributed by atoms with Gasteiger partial charge in [-0.25, -0.2) is 19.2 Å². The molecular formula is C47H51N3O8. The molecule has 4 aromatic rings. The van der Waals surface area contributed by atoms with Crippen molar-refractivity contribution in [1.29, 1.82) is 0 Å². The van der Waals surface area contributed by atoms with Crippen LogP contribution < -0.4 is 10.6 Å². The van der Waals surface area contributed by atoms with E-state index in [-0.39, 0.29) is 26.1 Å². The first kappa shape index (κ1) is 39.1. The second-order valence-corrected chi connectivity index (χ2v) is 15.7. The van der Waals surface area contributed by atoms with Gasteiger partial charge >= 0.3 is 24.1 Å². The summed E-state index contributed by atoms with van der Waals surface area (Å²) in [5.41, 5.74) is 13.7. The third-order valence-corrected chi connectivity index (χ3v) is 11.9. The van der Waals surface area contributed by atoms with Crippen LogP contribution in [-0.4, -0.2) is 54.5 Å². The highest BCUT2D eigenvalue weighted by molar-refractivity contribution is 5.91. The predicted octanol–water partition coefficient (Wildman–Crippen LogP) is 7.71. The van der Waals surface area contributed by atoms with Crippen molar-refractivity contribution in [1.82, 2.24) is 4.98 Å². The van der Waals surface area contributed by atoms with E-state index in [4.69, 9.17) is 18.9 Å². The maximum absolute atomic E-state index is 13.6. The second-order valence-electron chi connectivity index (χ2n) is 15.7. The number of rotatable bonds is 14. The number of nitrogens with one attached hydrogen (secondary N) is 2. The highest BCUT2D eigenvalue weighted by Gasteiger charge is 2.31. The van der Waals surface area contributed by atoms with E-state index in [1.54, 1.807) is 25.3 Å². The van der Waals surface area contributed by atoms with Crippen LogP contribution in [-0.2, 0) is 99.2 Å². The quantitative estimate of drug-likeness (QED) is 0.0972. The minimum absolute atomic E-state index is 0.000809. The summed E-state index contributed by atoms with van der Waals surface area (Å²) in [6, 6.07) is 17.6. The fraction of sp³-hybridized carbons (Fsp3) is 0.426. The number of benzene rings is 3. The fourth-order valence-corrected chi connectivity index (χ4v) is 9.21. The standard InChI is InChI=1S/C47H51N3O8/c1-2-55-44(51)41(58-47(54)50-43-38-18-8-14-33(38)27-34-15-9-19-39(34)43)28-35-24-30(20-22-48-35)21-23-56-45(52)40(25-29-10-4-3-5-11-29)57-46(53)49-42-36-16-6-12-31(36)26-32-13-7-17-37(32)42/h3-5,10-11,20,22,24,26-27,40-41H,2,6-9,12-19,21,23,25,28H2,1H3,(H,49,53)(H,50,54). The van der Waals surface area contributed by atoms with Gasteiger partial charge < -0.3 is 18.9 Å². The summed E-state index contributed by atoms with van der Waals surface area (Å²) in [6.07, 6.45) is 10.2. The van der Waals surface area contributed by atoms with E-state index in [2.05, 4.69) is 27.8 Å². The molecule has 0 saturated carbocycles. The highest BCUT2D eigenvalue weighted by atomic mass is 16.6. The van der Waals surface area contributed by atoms with Crippen molar-refractivity contribution < 1.29 is 38.1 Å². The number of amides is 2. The molecule has 3 aromatic carbocycles. The zero-order valence-electron chi connectivity index (χ0n) is 33.2. The van der Waals surface area contributed by atoms with Gasteiger partial charge in [0.05, 0.1) is 24.6 Å². The van der Waals surface area contributed by atoms with E-state index in [0.717, 1.165) is 99.6 Å². The second kappa shape index (κ2) is 17.8. The molecule has 2 N–H and O–H groups in total. The lowest BCUT2D eigenvalue weighted by molar-refractivity contribution is -0.153. The van der Waals surface area contributed by atoms with Crippen molar-refractivity contribution in [3.63, 3.8) is 0 Å². The number of aryl methyl sites for hydroxylation is 4. The molecule has 4 aliphatic rings. The number of anilines is 2. The number of esters is 2. The van der Waals surface area contributed by atoms with Crippen molar-refractivity contribution in [3.8, 4) is 0 Å². The molecule has 0 spiro atoms. The van der Waals surface area contributed by atoms with Gasteiger partial charge in [-0.15, -0.1) is 0 Å². The smallest absolute Gasteiger partial charge is 0.412 e. The Balaban J connectivity index is 0.899. The minimum Gasteiger partial charge on any atom is -0.463 e. The molecule has 0 aliphatic heterocycles. The molecule has 58 heavy (non-hydrogen) atoms. The third-order valence-electron chi connectivity index (χ3n) is 11.9. The molecule has 2 unspecified atom stereocenters. The van der Waals surface area contributed by atoms with Crippen LogP contribution in [0.2, 0.25) is 0 Å². The Kier molecular flexibility index (Phi) is 12.0. The van der Waals surface area contributed by atoms with E-state index in [9.17, 15) is 19.2 Å². The van der Waals surface area contributed by atoms with Crippen molar-refractivity contribution >= 4 is 35.5 Å². The first-order valence-electron chi connectivity index (χ1n) is 20.9. The molecule has 0 radical (unpaired) electrons. The van der Waals surface area contributed by atoms with Crippen LogP contribution in [0, 0.1) is 0 Å². The van der Waals surface area contributed by atoms with Crippen LogP contribution in [0.25, 0.3) is 0 Å². The zero-order valence-corrected chi connectivity index (χ0v) is 33.2. The molecule has 8 rings (SSSR count). The third kappa shape index (κ3) is 8.88. The lowest BCUT2D eigenvalue weighted by atomic mass is 9.99. The molecule has 2 atom stereocenters. The Morgan fingerprint density at radius 3 is 1.62 bits per heavy atom. The summed E-state index contributed by atoms with van der Waals surface area (Å²) in [6.45, 7) is 1.85. The van der Waals surface area contributed by atoms with Crippen molar-refractivity contribution in [2.45, 2.75) is 115 Å². The maximum Gasteiger partial charge on any atom is 0.412 e. The van der Waals surface area contributed by atoms with Crippen LogP contribution in [0.5, 0.6) is 0 Å². The van der Waals surface area contributed by atoms with E-state index in [0.29, 0.717) is 12.1 Å². The Hall–Kier alpha value is -5.71. The summed E-state index contributed by atoms with van der Waals surface area (Å²) >= 11 is 0. The molecule has 0 fully saturated rings. The highest BCUT2D eigenvalue weighted by Crippen LogP contribution is 2.40. The van der Waals surface area contributed by atoms with Crippen LogP contribution >= 0.6 is 0 Å². The van der Waals surface area contributed by atoms with Crippen LogP contribution in [0.1, 0.15) is 93.9 Å². The summed E-state index contributed by atoms with van der Waals surface area (Å²) < 4.78 is 22.6. The molecule has 11 nitrogen and oxygen atoms in total. The van der Waals surface area contributed by atoms with Crippen molar-refractivity contribution in [3.05, 3.63) is 122 Å². The number of hydrogen-bond acceptors (Lipinski definition) is 9. The van der Waals surface area contributed by atoms with Gasteiger partial charge in [-0.1, -0.05) is 42.5 Å². The SMILES string of the molecule is CCOC(=O)C(Cc1cc(CCOC(=O)C(Cc2ccccc2)OC(=O)Nc2c3c(cc4c2CCC4)CCC3)ccn1)OC(=O)Nc1c2c(cc3c1CCC3)CCC2. The van der Waals surface area contributed by atoms with Gasteiger partial charge in [0.25, 0.3) is 0 Å². The monoisotopic (exact) mass is 785 g/mol. The summed E-state index contributed by atoms with van der Waals surface area (Å²) in [5, 5.41) is 6.03. The lowest BCUT2D eigenvalue weighted by Crippen LogP contribution is -2.34. The normalized spacial score (nSPS) is 15.7. The molecule has 0 saturated heterocycles. The summed E-state index contributed by atoms with van der Waals surface area (Å²) in [7, 11) is 0. The van der Waals surface area contributed by atoms with Gasteiger partial charge in [0.1, 0.15) is 0 Å². The first-order chi connectivity index (χ1) is 28.3. The molecule has 11 heteroatoms. The average Bonchev–Trinajstić information content (AvgIpc) is 4.06. The molecule has 2 amide bonds.